The summed E-state index contributed by atoms with van der Waals surface area (Å²) in [5.41, 5.74) is 5.90. The molecule has 1 aromatic heterocycles. The molecule has 5 heteroatoms. The second kappa shape index (κ2) is 4.87. The van der Waals surface area contributed by atoms with Crippen molar-refractivity contribution < 1.29 is 4.79 Å². The summed E-state index contributed by atoms with van der Waals surface area (Å²) in [7, 11) is 0. The Labute approximate surface area is 102 Å². The number of aromatic nitrogens is 2. The molecule has 1 amide bonds. The van der Waals surface area contributed by atoms with E-state index in [9.17, 15) is 4.79 Å². The van der Waals surface area contributed by atoms with Crippen LogP contribution in [0.15, 0.2) is 18.7 Å². The monoisotopic (exact) mass is 236 g/mol. The first kappa shape index (κ1) is 12.1. The number of nitrogens with zero attached hydrogens (tertiary/aromatic N) is 3. The van der Waals surface area contributed by atoms with Gasteiger partial charge in [-0.15, -0.1) is 0 Å². The van der Waals surface area contributed by atoms with Crippen LogP contribution in [0.25, 0.3) is 0 Å². The molecule has 0 aliphatic carbocycles. The number of rotatable bonds is 4. The van der Waals surface area contributed by atoms with Crippen molar-refractivity contribution in [1.82, 2.24) is 14.5 Å². The van der Waals surface area contributed by atoms with Crippen LogP contribution < -0.4 is 5.73 Å². The molecule has 5 nitrogen and oxygen atoms in total. The summed E-state index contributed by atoms with van der Waals surface area (Å²) >= 11 is 0. The van der Waals surface area contributed by atoms with Crippen LogP contribution in [0.4, 0.5) is 0 Å². The highest BCUT2D eigenvalue weighted by Gasteiger charge is 2.32. The summed E-state index contributed by atoms with van der Waals surface area (Å²) < 4.78 is 2.05. The minimum Gasteiger partial charge on any atom is -0.338 e. The van der Waals surface area contributed by atoms with Crippen LogP contribution in [0.5, 0.6) is 0 Å². The normalized spacial score (nSPS) is 18.2. The van der Waals surface area contributed by atoms with Crippen LogP contribution in [0, 0.1) is 5.92 Å². The lowest BCUT2D eigenvalue weighted by atomic mass is 10.00. The summed E-state index contributed by atoms with van der Waals surface area (Å²) in [4.78, 5) is 17.8. The fourth-order valence-electron chi connectivity index (χ4n) is 1.90. The Morgan fingerprint density at radius 1 is 1.53 bits per heavy atom. The number of carbonyl (C=O) groups excluding carboxylic acids is 1. The Kier molecular flexibility index (Phi) is 3.47. The van der Waals surface area contributed by atoms with E-state index in [0.717, 1.165) is 13.1 Å². The highest BCUT2D eigenvalue weighted by molar-refractivity contribution is 5.77. The molecule has 1 aliphatic rings. The van der Waals surface area contributed by atoms with E-state index in [1.165, 1.54) is 0 Å². The maximum atomic E-state index is 11.9. The van der Waals surface area contributed by atoms with Crippen molar-refractivity contribution >= 4 is 5.91 Å². The van der Waals surface area contributed by atoms with Gasteiger partial charge in [0, 0.05) is 37.9 Å². The van der Waals surface area contributed by atoms with E-state index < -0.39 is 0 Å². The molecule has 1 saturated heterocycles. The first-order valence-corrected chi connectivity index (χ1v) is 6.08. The smallest absolute Gasteiger partial charge is 0.224 e. The van der Waals surface area contributed by atoms with Crippen molar-refractivity contribution in [3.05, 3.63) is 18.7 Å². The summed E-state index contributed by atoms with van der Waals surface area (Å²) in [6.45, 7) is 5.64. The van der Waals surface area contributed by atoms with Crippen LogP contribution >= 0.6 is 0 Å². The molecule has 17 heavy (non-hydrogen) atoms. The Balaban J connectivity index is 1.78. The van der Waals surface area contributed by atoms with Crippen LogP contribution in [-0.4, -0.2) is 39.5 Å². The van der Waals surface area contributed by atoms with Gasteiger partial charge in [0.05, 0.1) is 12.4 Å². The first-order valence-electron chi connectivity index (χ1n) is 6.08. The van der Waals surface area contributed by atoms with Gasteiger partial charge < -0.3 is 15.2 Å². The van der Waals surface area contributed by atoms with Gasteiger partial charge in [0.2, 0.25) is 5.91 Å². The van der Waals surface area contributed by atoms with Gasteiger partial charge in [-0.1, -0.05) is 13.8 Å². The molecule has 94 valence electrons. The van der Waals surface area contributed by atoms with Crippen LogP contribution in [0.1, 0.15) is 26.3 Å². The molecule has 0 aromatic carbocycles. The zero-order chi connectivity index (χ0) is 12.4. The van der Waals surface area contributed by atoms with Gasteiger partial charge in [-0.05, 0) is 5.92 Å². The van der Waals surface area contributed by atoms with Crippen molar-refractivity contribution in [2.24, 2.45) is 11.7 Å². The second-order valence-corrected chi connectivity index (χ2v) is 5.07. The van der Waals surface area contributed by atoms with E-state index in [2.05, 4.69) is 4.98 Å². The summed E-state index contributed by atoms with van der Waals surface area (Å²) in [6.07, 6.45) is 5.95. The molecule has 0 radical (unpaired) electrons. The van der Waals surface area contributed by atoms with E-state index in [0.29, 0.717) is 18.4 Å². The molecule has 1 aliphatic heterocycles. The molecule has 2 N–H and O–H groups in total. The number of imidazole rings is 1. The van der Waals surface area contributed by atoms with Crippen LogP contribution in [0.3, 0.4) is 0 Å². The maximum absolute atomic E-state index is 11.9. The molecule has 0 bridgehead atoms. The van der Waals surface area contributed by atoms with Crippen molar-refractivity contribution in [2.45, 2.75) is 32.4 Å². The molecule has 0 spiro atoms. The van der Waals surface area contributed by atoms with E-state index in [1.54, 1.807) is 12.5 Å². The van der Waals surface area contributed by atoms with Gasteiger partial charge in [-0.2, -0.15) is 0 Å². The molecule has 1 fully saturated rings. The molecule has 0 saturated carbocycles. The van der Waals surface area contributed by atoms with E-state index in [1.807, 2.05) is 29.5 Å². The Hall–Kier alpha value is -1.36. The molecule has 2 heterocycles. The van der Waals surface area contributed by atoms with Crippen LogP contribution in [-0.2, 0) is 4.79 Å². The average Bonchev–Trinajstić information content (AvgIpc) is 2.68. The van der Waals surface area contributed by atoms with Gasteiger partial charge in [0.1, 0.15) is 0 Å². The lowest BCUT2D eigenvalue weighted by molar-refractivity contribution is -0.137. The summed E-state index contributed by atoms with van der Waals surface area (Å²) in [6, 6.07) is 0.353. The quantitative estimate of drug-likeness (QED) is 0.834. The molecule has 1 aromatic rings. The third kappa shape index (κ3) is 2.66. The van der Waals surface area contributed by atoms with Gasteiger partial charge in [0.15, 0.2) is 0 Å². The van der Waals surface area contributed by atoms with Crippen molar-refractivity contribution in [2.75, 3.05) is 13.1 Å². The van der Waals surface area contributed by atoms with Gasteiger partial charge in [-0.25, -0.2) is 4.98 Å². The van der Waals surface area contributed by atoms with E-state index in [4.69, 9.17) is 5.73 Å². The standard InChI is InChI=1S/C12H20N4O/c1-9(2)11(13)5-12(17)16-6-10(7-16)15-4-3-14-8-15/h3-4,8-11H,5-7,13H2,1-2H3/t11-/m1/s1. The number of hydrogen-bond acceptors (Lipinski definition) is 3. The second-order valence-electron chi connectivity index (χ2n) is 5.07. The minimum atomic E-state index is -0.0326. The topological polar surface area (TPSA) is 64.2 Å². The maximum Gasteiger partial charge on any atom is 0.224 e. The average molecular weight is 236 g/mol. The van der Waals surface area contributed by atoms with Gasteiger partial charge in [0.25, 0.3) is 0 Å². The molecular weight excluding hydrogens is 216 g/mol. The summed E-state index contributed by atoms with van der Waals surface area (Å²) in [5.74, 6) is 0.521. The zero-order valence-corrected chi connectivity index (χ0v) is 10.4. The van der Waals surface area contributed by atoms with E-state index >= 15 is 0 Å². The first-order chi connectivity index (χ1) is 8.08. The van der Waals surface area contributed by atoms with Gasteiger partial charge in [-0.3, -0.25) is 4.79 Å². The van der Waals surface area contributed by atoms with Crippen molar-refractivity contribution in [1.29, 1.82) is 0 Å². The number of nitrogens with two attached hydrogens (primary N) is 1. The lowest BCUT2D eigenvalue weighted by Crippen LogP contribution is -2.51. The number of carbonyl (C=O) groups is 1. The molecule has 2 rings (SSSR count). The SMILES string of the molecule is CC(C)[C@H](N)CC(=O)N1CC(n2ccnc2)C1. The fourth-order valence-corrected chi connectivity index (χ4v) is 1.90. The molecule has 1 atom stereocenters. The summed E-state index contributed by atoms with van der Waals surface area (Å²) in [5, 5.41) is 0. The zero-order valence-electron chi connectivity index (χ0n) is 10.4. The highest BCUT2D eigenvalue weighted by Crippen LogP contribution is 2.22. The van der Waals surface area contributed by atoms with Crippen molar-refractivity contribution in [3.8, 4) is 0 Å². The predicted octanol–water partition coefficient (Wildman–Crippen LogP) is 0.640. The largest absolute Gasteiger partial charge is 0.338 e. The van der Waals surface area contributed by atoms with Gasteiger partial charge >= 0.3 is 0 Å². The fraction of sp³-hybridized carbons (Fsp3) is 0.667. The predicted molar refractivity (Wildman–Crippen MR) is 65.3 cm³/mol. The lowest BCUT2D eigenvalue weighted by Gasteiger charge is -2.40. The molecular formula is C12H20N4O. The minimum absolute atomic E-state index is 0.0326. The number of likely N-dealkylation sites (tertiary alicyclic amines) is 1. The highest BCUT2D eigenvalue weighted by atomic mass is 16.2. The number of amides is 1. The Bertz CT molecular complexity index is 368. The molecule has 0 unspecified atom stereocenters. The Morgan fingerprint density at radius 3 is 2.76 bits per heavy atom. The van der Waals surface area contributed by atoms with Crippen LogP contribution in [0.2, 0.25) is 0 Å². The number of hydrogen-bond donors (Lipinski definition) is 1. The van der Waals surface area contributed by atoms with E-state index in [-0.39, 0.29) is 11.9 Å². The Morgan fingerprint density at radius 2 is 2.24 bits per heavy atom. The van der Waals surface area contributed by atoms with Crippen molar-refractivity contribution in [3.63, 3.8) is 0 Å². The third-order valence-electron chi connectivity index (χ3n) is 3.43. The third-order valence-corrected chi connectivity index (χ3v) is 3.43.